The van der Waals surface area contributed by atoms with E-state index in [9.17, 15) is 4.79 Å². The Kier molecular flexibility index (Phi) is 3.76. The van der Waals surface area contributed by atoms with Crippen LogP contribution >= 0.6 is 0 Å². The lowest BCUT2D eigenvalue weighted by atomic mass is 10.0. The van der Waals surface area contributed by atoms with Crippen LogP contribution in [-0.2, 0) is 4.79 Å². The molecular formula is C11H21NO. The summed E-state index contributed by atoms with van der Waals surface area (Å²) in [5.41, 5.74) is 0. The van der Waals surface area contributed by atoms with E-state index in [0.717, 1.165) is 25.8 Å². The Balaban J connectivity index is 2.14. The van der Waals surface area contributed by atoms with Gasteiger partial charge in [-0.1, -0.05) is 33.6 Å². The van der Waals surface area contributed by atoms with Gasteiger partial charge in [-0.15, -0.1) is 0 Å². The van der Waals surface area contributed by atoms with Gasteiger partial charge < -0.3 is 5.32 Å². The van der Waals surface area contributed by atoms with Crippen LogP contribution in [-0.4, -0.2) is 12.5 Å². The molecule has 1 amide bonds. The maximum atomic E-state index is 11.4. The van der Waals surface area contributed by atoms with E-state index >= 15 is 0 Å². The van der Waals surface area contributed by atoms with Crippen molar-refractivity contribution in [2.45, 2.75) is 40.0 Å². The second-order valence-electron chi connectivity index (χ2n) is 4.25. The zero-order chi connectivity index (χ0) is 9.84. The summed E-state index contributed by atoms with van der Waals surface area (Å²) in [5.74, 6) is 1.90. The van der Waals surface area contributed by atoms with Crippen molar-refractivity contribution in [3.8, 4) is 0 Å². The molecule has 0 aromatic rings. The summed E-state index contributed by atoms with van der Waals surface area (Å²) < 4.78 is 0. The molecule has 76 valence electrons. The molecule has 0 radical (unpaired) electrons. The van der Waals surface area contributed by atoms with Gasteiger partial charge >= 0.3 is 0 Å². The highest BCUT2D eigenvalue weighted by atomic mass is 16.2. The van der Waals surface area contributed by atoms with E-state index in [1.807, 2.05) is 0 Å². The van der Waals surface area contributed by atoms with Crippen LogP contribution in [0.2, 0.25) is 0 Å². The molecule has 2 atom stereocenters. The minimum atomic E-state index is 0.277. The van der Waals surface area contributed by atoms with E-state index < -0.39 is 0 Å². The molecule has 1 aliphatic carbocycles. The Morgan fingerprint density at radius 3 is 2.38 bits per heavy atom. The number of rotatable bonds is 5. The van der Waals surface area contributed by atoms with E-state index in [1.54, 1.807) is 0 Å². The average molecular weight is 183 g/mol. The number of nitrogens with one attached hydrogen (secondary N) is 1. The van der Waals surface area contributed by atoms with Gasteiger partial charge in [0, 0.05) is 12.5 Å². The van der Waals surface area contributed by atoms with E-state index in [-0.39, 0.29) is 5.91 Å². The predicted molar refractivity (Wildman–Crippen MR) is 54.4 cm³/mol. The van der Waals surface area contributed by atoms with Crippen molar-refractivity contribution in [3.05, 3.63) is 0 Å². The second-order valence-corrected chi connectivity index (χ2v) is 4.25. The zero-order valence-corrected chi connectivity index (χ0v) is 8.97. The molecule has 1 rings (SSSR count). The number of carbonyl (C=O) groups is 1. The van der Waals surface area contributed by atoms with Crippen molar-refractivity contribution in [2.75, 3.05) is 6.54 Å². The molecule has 0 saturated heterocycles. The van der Waals surface area contributed by atoms with Crippen molar-refractivity contribution < 1.29 is 4.79 Å². The van der Waals surface area contributed by atoms with Crippen molar-refractivity contribution in [2.24, 2.45) is 17.8 Å². The first kappa shape index (κ1) is 10.6. The van der Waals surface area contributed by atoms with Crippen molar-refractivity contribution in [1.29, 1.82) is 0 Å². The van der Waals surface area contributed by atoms with Gasteiger partial charge in [-0.2, -0.15) is 0 Å². The highest BCUT2D eigenvalue weighted by molar-refractivity contribution is 5.81. The fourth-order valence-corrected chi connectivity index (χ4v) is 1.64. The molecule has 1 N–H and O–H groups in total. The van der Waals surface area contributed by atoms with Crippen molar-refractivity contribution in [1.82, 2.24) is 5.32 Å². The van der Waals surface area contributed by atoms with Crippen LogP contribution in [0.5, 0.6) is 0 Å². The Labute approximate surface area is 81.1 Å². The molecule has 0 bridgehead atoms. The fraction of sp³-hybridized carbons (Fsp3) is 0.909. The predicted octanol–water partition coefficient (Wildman–Crippen LogP) is 2.19. The molecular weight excluding hydrogens is 162 g/mol. The largest absolute Gasteiger partial charge is 0.356 e. The second kappa shape index (κ2) is 4.64. The number of hydrogen-bond donors (Lipinski definition) is 1. The molecule has 1 aliphatic rings. The summed E-state index contributed by atoms with van der Waals surface area (Å²) in [7, 11) is 0. The summed E-state index contributed by atoms with van der Waals surface area (Å²) in [4.78, 5) is 11.4. The summed E-state index contributed by atoms with van der Waals surface area (Å²) in [5, 5.41) is 3.04. The first-order valence-corrected chi connectivity index (χ1v) is 5.46. The molecule has 2 nitrogen and oxygen atoms in total. The topological polar surface area (TPSA) is 29.1 Å². The van der Waals surface area contributed by atoms with Crippen LogP contribution in [0.4, 0.5) is 0 Å². The van der Waals surface area contributed by atoms with E-state index in [4.69, 9.17) is 0 Å². The number of hydrogen-bond acceptors (Lipinski definition) is 1. The van der Waals surface area contributed by atoms with Crippen LogP contribution in [0, 0.1) is 17.8 Å². The SMILES string of the molecule is CCC(CC)CNC(=O)C1CC1C. The third kappa shape index (κ3) is 3.02. The summed E-state index contributed by atoms with van der Waals surface area (Å²) in [6, 6.07) is 0. The molecule has 13 heavy (non-hydrogen) atoms. The molecule has 0 spiro atoms. The number of carbonyl (C=O) groups excluding carboxylic acids is 1. The molecule has 2 heteroatoms. The average Bonchev–Trinajstić information content (AvgIpc) is 2.84. The van der Waals surface area contributed by atoms with Crippen molar-refractivity contribution >= 4 is 5.91 Å². The maximum Gasteiger partial charge on any atom is 0.223 e. The van der Waals surface area contributed by atoms with Gasteiger partial charge in [-0.05, 0) is 18.3 Å². The molecule has 2 unspecified atom stereocenters. The third-order valence-corrected chi connectivity index (χ3v) is 3.17. The maximum absolute atomic E-state index is 11.4. The Hall–Kier alpha value is -0.530. The van der Waals surface area contributed by atoms with Crippen LogP contribution in [0.1, 0.15) is 40.0 Å². The molecule has 0 aromatic carbocycles. The van der Waals surface area contributed by atoms with E-state index in [0.29, 0.717) is 17.8 Å². The Bertz CT molecular complexity index is 175. The monoisotopic (exact) mass is 183 g/mol. The lowest BCUT2D eigenvalue weighted by Crippen LogP contribution is -2.30. The van der Waals surface area contributed by atoms with Crippen LogP contribution in [0.15, 0.2) is 0 Å². The lowest BCUT2D eigenvalue weighted by molar-refractivity contribution is -0.122. The van der Waals surface area contributed by atoms with Crippen LogP contribution < -0.4 is 5.32 Å². The summed E-state index contributed by atoms with van der Waals surface area (Å²) in [6.07, 6.45) is 3.42. The highest BCUT2D eigenvalue weighted by Crippen LogP contribution is 2.37. The van der Waals surface area contributed by atoms with E-state index in [1.165, 1.54) is 0 Å². The summed E-state index contributed by atoms with van der Waals surface area (Å²) in [6.45, 7) is 7.37. The van der Waals surface area contributed by atoms with Crippen molar-refractivity contribution in [3.63, 3.8) is 0 Å². The van der Waals surface area contributed by atoms with Crippen LogP contribution in [0.3, 0.4) is 0 Å². The van der Waals surface area contributed by atoms with Crippen LogP contribution in [0.25, 0.3) is 0 Å². The highest BCUT2D eigenvalue weighted by Gasteiger charge is 2.38. The first-order chi connectivity index (χ1) is 6.19. The van der Waals surface area contributed by atoms with Gasteiger partial charge in [-0.3, -0.25) is 4.79 Å². The summed E-state index contributed by atoms with van der Waals surface area (Å²) >= 11 is 0. The third-order valence-electron chi connectivity index (χ3n) is 3.17. The Morgan fingerprint density at radius 2 is 2.00 bits per heavy atom. The normalized spacial score (nSPS) is 26.2. The number of amides is 1. The first-order valence-electron chi connectivity index (χ1n) is 5.46. The molecule has 0 heterocycles. The van der Waals surface area contributed by atoms with Gasteiger partial charge in [0.25, 0.3) is 0 Å². The standard InChI is InChI=1S/C11H21NO/c1-4-9(5-2)7-12-11(13)10-6-8(10)3/h8-10H,4-7H2,1-3H3,(H,12,13). The molecule has 1 fully saturated rings. The molecule has 0 aliphatic heterocycles. The van der Waals surface area contributed by atoms with Gasteiger partial charge in [-0.25, -0.2) is 0 Å². The van der Waals surface area contributed by atoms with Gasteiger partial charge in [0.1, 0.15) is 0 Å². The van der Waals surface area contributed by atoms with Gasteiger partial charge in [0.05, 0.1) is 0 Å². The van der Waals surface area contributed by atoms with Gasteiger partial charge in [0.2, 0.25) is 5.91 Å². The fourth-order valence-electron chi connectivity index (χ4n) is 1.64. The van der Waals surface area contributed by atoms with Gasteiger partial charge in [0.15, 0.2) is 0 Å². The molecule has 1 saturated carbocycles. The smallest absolute Gasteiger partial charge is 0.223 e. The Morgan fingerprint density at radius 1 is 1.46 bits per heavy atom. The minimum Gasteiger partial charge on any atom is -0.356 e. The lowest BCUT2D eigenvalue weighted by Gasteiger charge is -2.12. The van der Waals surface area contributed by atoms with E-state index in [2.05, 4.69) is 26.1 Å². The zero-order valence-electron chi connectivity index (χ0n) is 8.97. The minimum absolute atomic E-state index is 0.277. The quantitative estimate of drug-likeness (QED) is 0.695. The molecule has 0 aromatic heterocycles.